The van der Waals surface area contributed by atoms with Gasteiger partial charge in [0, 0.05) is 31.2 Å². The lowest BCUT2D eigenvalue weighted by molar-refractivity contribution is -0.153. The highest BCUT2D eigenvalue weighted by Gasteiger charge is 2.67. The highest BCUT2D eigenvalue weighted by atomic mass is 35.5. The zero-order valence-electron chi connectivity index (χ0n) is 13.5. The molecule has 1 saturated carbocycles. The molecule has 5 nitrogen and oxygen atoms in total. The Morgan fingerprint density at radius 2 is 2.14 bits per heavy atom. The second-order valence-electron chi connectivity index (χ2n) is 6.73. The molecule has 1 N–H and O–H groups in total. The standard InChI is InChI=1S/C16H25ClN2O3/c1-9(2)14(21)16-12(20)6-5-11(18-3)13(16)10(7-8-17)15(22)19(16)4/h9-11,13-14,21H,3,5-8H2,1-2,4H3/t10?,11?,13-,14+,16+/m1/s1. The van der Waals surface area contributed by atoms with Crippen molar-refractivity contribution >= 4 is 30.0 Å². The zero-order chi connectivity index (χ0) is 16.7. The summed E-state index contributed by atoms with van der Waals surface area (Å²) in [6.07, 6.45) is 0.472. The van der Waals surface area contributed by atoms with Crippen molar-refractivity contribution in [3.8, 4) is 0 Å². The van der Waals surface area contributed by atoms with Crippen LogP contribution < -0.4 is 0 Å². The van der Waals surface area contributed by atoms with Crippen LogP contribution in [0.1, 0.15) is 33.1 Å². The summed E-state index contributed by atoms with van der Waals surface area (Å²) in [4.78, 5) is 31.3. The van der Waals surface area contributed by atoms with Crippen LogP contribution in [0, 0.1) is 17.8 Å². The van der Waals surface area contributed by atoms with Gasteiger partial charge in [0.25, 0.3) is 0 Å². The molecule has 2 rings (SSSR count). The fourth-order valence-electron chi connectivity index (χ4n) is 4.40. The van der Waals surface area contributed by atoms with E-state index in [1.54, 1.807) is 7.05 Å². The minimum absolute atomic E-state index is 0.0634. The van der Waals surface area contributed by atoms with E-state index in [0.29, 0.717) is 25.1 Å². The number of amides is 1. The second kappa shape index (κ2) is 6.28. The number of hydrogen-bond donors (Lipinski definition) is 1. The number of likely N-dealkylation sites (N-methyl/N-ethyl adjacent to an activating group) is 1. The number of rotatable bonds is 5. The number of Topliss-reactive ketones (excluding diaryl/α,β-unsaturated/α-hetero) is 1. The van der Waals surface area contributed by atoms with Crippen LogP contribution in [0.5, 0.6) is 0 Å². The lowest BCUT2D eigenvalue weighted by atomic mass is 9.62. The van der Waals surface area contributed by atoms with E-state index in [2.05, 4.69) is 11.7 Å². The van der Waals surface area contributed by atoms with Gasteiger partial charge in [-0.3, -0.25) is 14.6 Å². The summed E-state index contributed by atoms with van der Waals surface area (Å²) >= 11 is 5.88. The van der Waals surface area contributed by atoms with Crippen molar-refractivity contribution in [2.45, 2.75) is 50.8 Å². The van der Waals surface area contributed by atoms with Crippen LogP contribution in [0.25, 0.3) is 0 Å². The Hall–Kier alpha value is -0.940. The van der Waals surface area contributed by atoms with Gasteiger partial charge in [-0.05, 0) is 25.5 Å². The molecule has 1 aliphatic carbocycles. The van der Waals surface area contributed by atoms with Gasteiger partial charge >= 0.3 is 0 Å². The Kier molecular flexibility index (Phi) is 4.97. The van der Waals surface area contributed by atoms with Crippen molar-refractivity contribution in [2.75, 3.05) is 12.9 Å². The van der Waals surface area contributed by atoms with E-state index in [0.717, 1.165) is 0 Å². The molecule has 6 heteroatoms. The van der Waals surface area contributed by atoms with Crippen molar-refractivity contribution in [1.29, 1.82) is 0 Å². The quantitative estimate of drug-likeness (QED) is 0.614. The monoisotopic (exact) mass is 328 g/mol. The normalized spacial score (nSPS) is 36.6. The number of carbonyl (C=O) groups excluding carboxylic acids is 2. The maximum absolute atomic E-state index is 12.9. The van der Waals surface area contributed by atoms with E-state index in [4.69, 9.17) is 11.6 Å². The van der Waals surface area contributed by atoms with E-state index < -0.39 is 11.6 Å². The molecule has 0 aromatic carbocycles. The van der Waals surface area contributed by atoms with E-state index in [1.165, 1.54) is 4.90 Å². The average Bonchev–Trinajstić information content (AvgIpc) is 2.71. The smallest absolute Gasteiger partial charge is 0.226 e. The summed E-state index contributed by atoms with van der Waals surface area (Å²) in [7, 11) is 1.62. The van der Waals surface area contributed by atoms with Gasteiger partial charge in [-0.2, -0.15) is 0 Å². The van der Waals surface area contributed by atoms with Crippen molar-refractivity contribution in [2.24, 2.45) is 22.7 Å². The van der Waals surface area contributed by atoms with E-state index in [9.17, 15) is 14.7 Å². The SMILES string of the molecule is C=NC1CCC(=O)[C@@]2([C@@H](O)C(C)C)[C@@H]1C(CCCl)C(=O)N2C. The molecule has 1 heterocycles. The van der Waals surface area contributed by atoms with Gasteiger partial charge < -0.3 is 10.0 Å². The van der Waals surface area contributed by atoms with Crippen molar-refractivity contribution in [3.63, 3.8) is 0 Å². The highest BCUT2D eigenvalue weighted by Crippen LogP contribution is 2.51. The van der Waals surface area contributed by atoms with Gasteiger partial charge in [0.15, 0.2) is 5.78 Å². The Morgan fingerprint density at radius 1 is 1.50 bits per heavy atom. The first kappa shape index (κ1) is 17.4. The number of aliphatic hydroxyl groups is 1. The Labute approximate surface area is 136 Å². The molecule has 0 spiro atoms. The Bertz CT molecular complexity index is 482. The molecule has 0 aromatic rings. The van der Waals surface area contributed by atoms with Crippen molar-refractivity contribution < 1.29 is 14.7 Å². The lowest BCUT2D eigenvalue weighted by Crippen LogP contribution is -2.66. The van der Waals surface area contributed by atoms with Crippen LogP contribution in [0.2, 0.25) is 0 Å². The van der Waals surface area contributed by atoms with Gasteiger partial charge in [0.05, 0.1) is 12.1 Å². The van der Waals surface area contributed by atoms with Crippen molar-refractivity contribution in [1.82, 2.24) is 4.90 Å². The zero-order valence-corrected chi connectivity index (χ0v) is 14.2. The summed E-state index contributed by atoms with van der Waals surface area (Å²) in [5.41, 5.74) is -1.19. The first-order valence-corrected chi connectivity index (χ1v) is 8.38. The average molecular weight is 329 g/mol. The van der Waals surface area contributed by atoms with E-state index in [-0.39, 0.29) is 35.5 Å². The predicted molar refractivity (Wildman–Crippen MR) is 86.2 cm³/mol. The summed E-state index contributed by atoms with van der Waals surface area (Å²) in [5.74, 6) is -0.705. The van der Waals surface area contributed by atoms with Crippen LogP contribution >= 0.6 is 11.6 Å². The molecular weight excluding hydrogens is 304 g/mol. The number of likely N-dealkylation sites (tertiary alicyclic amines) is 1. The second-order valence-corrected chi connectivity index (χ2v) is 7.11. The molecule has 2 fully saturated rings. The summed E-state index contributed by atoms with van der Waals surface area (Å²) in [6, 6.07) is -0.201. The van der Waals surface area contributed by atoms with Gasteiger partial charge in [-0.1, -0.05) is 13.8 Å². The first-order chi connectivity index (χ1) is 10.3. The number of nitrogens with zero attached hydrogens (tertiary/aromatic N) is 2. The highest BCUT2D eigenvalue weighted by molar-refractivity contribution is 6.18. The maximum Gasteiger partial charge on any atom is 0.226 e. The number of aliphatic imine (C=N–C) groups is 1. The van der Waals surface area contributed by atoms with Crippen LogP contribution in [-0.4, -0.2) is 59.0 Å². The van der Waals surface area contributed by atoms with Gasteiger partial charge in [0.1, 0.15) is 5.54 Å². The molecule has 1 amide bonds. The molecule has 5 atom stereocenters. The first-order valence-electron chi connectivity index (χ1n) is 7.84. The molecule has 22 heavy (non-hydrogen) atoms. The lowest BCUT2D eigenvalue weighted by Gasteiger charge is -2.49. The summed E-state index contributed by atoms with van der Waals surface area (Å²) in [6.45, 7) is 7.37. The number of aliphatic hydroxyl groups excluding tert-OH is 1. The predicted octanol–water partition coefficient (Wildman–Crippen LogP) is 1.51. The Morgan fingerprint density at radius 3 is 2.64 bits per heavy atom. The number of hydrogen-bond acceptors (Lipinski definition) is 4. The topological polar surface area (TPSA) is 70.0 Å². The largest absolute Gasteiger partial charge is 0.390 e. The van der Waals surface area contributed by atoms with Crippen LogP contribution in [0.4, 0.5) is 0 Å². The van der Waals surface area contributed by atoms with Crippen molar-refractivity contribution in [3.05, 3.63) is 0 Å². The number of fused-ring (bicyclic) bond motifs is 1. The van der Waals surface area contributed by atoms with Gasteiger partial charge in [-0.25, -0.2) is 0 Å². The third-order valence-corrected chi connectivity index (χ3v) is 5.63. The number of carbonyl (C=O) groups is 2. The van der Waals surface area contributed by atoms with Crippen LogP contribution in [0.3, 0.4) is 0 Å². The molecule has 2 unspecified atom stereocenters. The summed E-state index contributed by atoms with van der Waals surface area (Å²) in [5, 5.41) is 10.9. The number of ketones is 1. The maximum atomic E-state index is 12.9. The molecule has 0 aromatic heterocycles. The molecule has 124 valence electrons. The Balaban J connectivity index is 2.61. The minimum atomic E-state index is -1.19. The third-order valence-electron chi connectivity index (χ3n) is 5.41. The third kappa shape index (κ3) is 2.21. The summed E-state index contributed by atoms with van der Waals surface area (Å²) < 4.78 is 0. The minimum Gasteiger partial charge on any atom is -0.390 e. The molecular formula is C16H25ClN2O3. The molecule has 1 aliphatic heterocycles. The number of alkyl halides is 1. The molecule has 0 bridgehead atoms. The van der Waals surface area contributed by atoms with Gasteiger partial charge in [0.2, 0.25) is 5.91 Å². The number of halogens is 1. The van der Waals surface area contributed by atoms with Crippen LogP contribution in [-0.2, 0) is 9.59 Å². The fourth-order valence-corrected chi connectivity index (χ4v) is 4.64. The van der Waals surface area contributed by atoms with E-state index in [1.807, 2.05) is 13.8 Å². The van der Waals surface area contributed by atoms with Crippen LogP contribution in [0.15, 0.2) is 4.99 Å². The molecule has 1 saturated heterocycles. The van der Waals surface area contributed by atoms with Gasteiger partial charge in [-0.15, -0.1) is 11.6 Å². The fraction of sp³-hybridized carbons (Fsp3) is 0.812. The van der Waals surface area contributed by atoms with E-state index >= 15 is 0 Å². The molecule has 2 aliphatic rings. The molecule has 0 radical (unpaired) electrons.